The molecule has 1 aromatic heterocycles. The van der Waals surface area contributed by atoms with Crippen molar-refractivity contribution in [2.45, 2.75) is 0 Å². The van der Waals surface area contributed by atoms with Crippen LogP contribution in [0.5, 0.6) is 0 Å². The molecule has 0 aliphatic carbocycles. The summed E-state index contributed by atoms with van der Waals surface area (Å²) in [7, 11) is 0. The molecule has 0 unspecified atom stereocenters. The second kappa shape index (κ2) is 17.2. The van der Waals surface area contributed by atoms with E-state index in [9.17, 15) is 0 Å². The van der Waals surface area contributed by atoms with Gasteiger partial charge in [0.25, 0.3) is 0 Å². The van der Waals surface area contributed by atoms with Gasteiger partial charge in [-0.25, -0.2) is 0 Å². The molecular formula is C64H44N2O. The molecule has 0 radical (unpaired) electrons. The fourth-order valence-corrected chi connectivity index (χ4v) is 9.62. The lowest BCUT2D eigenvalue weighted by Gasteiger charge is -2.30. The largest absolute Gasteiger partial charge is 0.455 e. The van der Waals surface area contributed by atoms with Gasteiger partial charge in [0.15, 0.2) is 0 Å². The van der Waals surface area contributed by atoms with Crippen molar-refractivity contribution in [1.82, 2.24) is 0 Å². The van der Waals surface area contributed by atoms with E-state index in [1.54, 1.807) is 0 Å². The number of hydrogen-bond donors (Lipinski definition) is 0. The van der Waals surface area contributed by atoms with Crippen LogP contribution in [0, 0.1) is 0 Å². The number of rotatable bonds is 10. The van der Waals surface area contributed by atoms with Crippen LogP contribution in [-0.4, -0.2) is 0 Å². The average molecular weight is 857 g/mol. The van der Waals surface area contributed by atoms with Gasteiger partial charge in [-0.1, -0.05) is 200 Å². The van der Waals surface area contributed by atoms with E-state index in [1.165, 1.54) is 27.8 Å². The molecule has 12 rings (SSSR count). The van der Waals surface area contributed by atoms with Gasteiger partial charge in [0, 0.05) is 39.6 Å². The molecule has 0 aliphatic heterocycles. The monoisotopic (exact) mass is 856 g/mol. The Bertz CT molecular complexity index is 3650. The summed E-state index contributed by atoms with van der Waals surface area (Å²) in [6.07, 6.45) is 0. The highest BCUT2D eigenvalue weighted by Crippen LogP contribution is 2.49. The summed E-state index contributed by atoms with van der Waals surface area (Å²) in [6, 6.07) is 95.4. The molecule has 0 saturated heterocycles. The molecule has 0 aliphatic rings. The number of fused-ring (bicyclic) bond motifs is 5. The third kappa shape index (κ3) is 7.49. The first-order valence-electron chi connectivity index (χ1n) is 22.8. The predicted molar refractivity (Wildman–Crippen MR) is 282 cm³/mol. The topological polar surface area (TPSA) is 19.6 Å². The highest BCUT2D eigenvalue weighted by Gasteiger charge is 2.25. The smallest absolute Gasteiger partial charge is 0.143 e. The summed E-state index contributed by atoms with van der Waals surface area (Å²) >= 11 is 0. The highest BCUT2D eigenvalue weighted by molar-refractivity contribution is 6.20. The standard InChI is InChI=1S/C64H44N2O/c1-6-18-45(19-7-1)46-30-32-47(33-31-46)48-34-37-54(38-35-48)66(53-27-14-5-15-28-53)61-43-56(44-62-63(61)59-40-36-51-24-16-17-29-58(51)64(59)67-62)65(52-25-12-4-13-26-52)55-39-41-57(49-20-8-2-9-21-49)60(42-55)50-22-10-3-11-23-50/h1-44H. The van der Waals surface area contributed by atoms with Crippen molar-refractivity contribution in [2.24, 2.45) is 0 Å². The second-order valence-corrected chi connectivity index (χ2v) is 16.9. The lowest BCUT2D eigenvalue weighted by Crippen LogP contribution is -2.13. The van der Waals surface area contributed by atoms with Gasteiger partial charge in [0.2, 0.25) is 0 Å². The zero-order valence-electron chi connectivity index (χ0n) is 36.7. The van der Waals surface area contributed by atoms with Gasteiger partial charge >= 0.3 is 0 Å². The van der Waals surface area contributed by atoms with Crippen LogP contribution in [0.25, 0.3) is 77.2 Å². The molecule has 0 spiro atoms. The summed E-state index contributed by atoms with van der Waals surface area (Å²) < 4.78 is 7.13. The molecule has 0 saturated carbocycles. The molecule has 1 heterocycles. The Morgan fingerprint density at radius 1 is 0.269 bits per heavy atom. The number of hydrogen-bond acceptors (Lipinski definition) is 3. The number of nitrogens with zero attached hydrogens (tertiary/aromatic N) is 2. The van der Waals surface area contributed by atoms with E-state index in [1.807, 2.05) is 0 Å². The number of benzene rings is 11. The molecule has 67 heavy (non-hydrogen) atoms. The first-order chi connectivity index (χ1) is 33.2. The molecule has 11 aromatic carbocycles. The quantitative estimate of drug-likeness (QED) is 0.137. The first kappa shape index (κ1) is 39.7. The lowest BCUT2D eigenvalue weighted by atomic mass is 9.93. The summed E-state index contributed by atoms with van der Waals surface area (Å²) in [4.78, 5) is 4.75. The number of anilines is 6. The van der Waals surface area contributed by atoms with Gasteiger partial charge in [-0.15, -0.1) is 0 Å². The third-order valence-corrected chi connectivity index (χ3v) is 12.8. The lowest BCUT2D eigenvalue weighted by molar-refractivity contribution is 0.673. The van der Waals surface area contributed by atoms with Crippen molar-refractivity contribution in [2.75, 3.05) is 9.80 Å². The fourth-order valence-electron chi connectivity index (χ4n) is 9.62. The average Bonchev–Trinajstić information content (AvgIpc) is 3.80. The van der Waals surface area contributed by atoms with Crippen LogP contribution < -0.4 is 9.80 Å². The SMILES string of the molecule is c1ccc(-c2ccc(-c3ccc(N(c4ccccc4)c4cc(N(c5ccccc5)c5ccc(-c6ccccc6)c(-c6ccccc6)c5)cc5oc6c7ccccc7ccc6c45)cc3)cc2)cc1. The summed E-state index contributed by atoms with van der Waals surface area (Å²) in [5.74, 6) is 0. The zero-order valence-corrected chi connectivity index (χ0v) is 36.7. The minimum absolute atomic E-state index is 0.806. The molecule has 0 bridgehead atoms. The van der Waals surface area contributed by atoms with E-state index in [0.29, 0.717) is 0 Å². The molecule has 3 heteroatoms. The molecule has 0 fully saturated rings. The van der Waals surface area contributed by atoms with Crippen LogP contribution in [0.4, 0.5) is 34.1 Å². The van der Waals surface area contributed by atoms with E-state index in [-0.39, 0.29) is 0 Å². The van der Waals surface area contributed by atoms with Crippen LogP contribution in [0.2, 0.25) is 0 Å². The van der Waals surface area contributed by atoms with Crippen molar-refractivity contribution in [1.29, 1.82) is 0 Å². The van der Waals surface area contributed by atoms with Crippen LogP contribution in [0.1, 0.15) is 0 Å². The van der Waals surface area contributed by atoms with Crippen molar-refractivity contribution in [3.05, 3.63) is 267 Å². The van der Waals surface area contributed by atoms with Gasteiger partial charge < -0.3 is 14.2 Å². The highest BCUT2D eigenvalue weighted by atomic mass is 16.3. The Labute approximate surface area is 390 Å². The Morgan fingerprint density at radius 3 is 1.34 bits per heavy atom. The van der Waals surface area contributed by atoms with Crippen molar-refractivity contribution < 1.29 is 4.42 Å². The van der Waals surface area contributed by atoms with Crippen molar-refractivity contribution >= 4 is 66.8 Å². The van der Waals surface area contributed by atoms with Crippen LogP contribution >= 0.6 is 0 Å². The van der Waals surface area contributed by atoms with Crippen molar-refractivity contribution in [3.8, 4) is 44.5 Å². The van der Waals surface area contributed by atoms with E-state index in [2.05, 4.69) is 277 Å². The van der Waals surface area contributed by atoms with E-state index in [0.717, 1.165) is 83.5 Å². The zero-order chi connectivity index (χ0) is 44.5. The summed E-state index contributed by atoms with van der Waals surface area (Å²) in [5.41, 5.74) is 17.2. The molecule has 316 valence electrons. The molecule has 0 N–H and O–H groups in total. The Morgan fingerprint density at radius 2 is 0.731 bits per heavy atom. The number of furan rings is 1. The first-order valence-corrected chi connectivity index (χ1v) is 22.8. The molecule has 0 atom stereocenters. The third-order valence-electron chi connectivity index (χ3n) is 12.8. The maximum absolute atomic E-state index is 7.13. The maximum atomic E-state index is 7.13. The summed E-state index contributed by atoms with van der Waals surface area (Å²) in [6.45, 7) is 0. The molecule has 3 nitrogen and oxygen atoms in total. The second-order valence-electron chi connectivity index (χ2n) is 16.9. The molecule has 0 amide bonds. The van der Waals surface area contributed by atoms with Crippen LogP contribution in [0.15, 0.2) is 271 Å². The van der Waals surface area contributed by atoms with E-state index < -0.39 is 0 Å². The van der Waals surface area contributed by atoms with Crippen molar-refractivity contribution in [3.63, 3.8) is 0 Å². The molecule has 12 aromatic rings. The number of para-hydroxylation sites is 2. The predicted octanol–water partition coefficient (Wildman–Crippen LogP) is 18.3. The maximum Gasteiger partial charge on any atom is 0.143 e. The van der Waals surface area contributed by atoms with E-state index >= 15 is 0 Å². The van der Waals surface area contributed by atoms with Crippen LogP contribution in [0.3, 0.4) is 0 Å². The Hall–Kier alpha value is -8.92. The normalized spacial score (nSPS) is 11.3. The van der Waals surface area contributed by atoms with Gasteiger partial charge in [0.05, 0.1) is 16.8 Å². The fraction of sp³-hybridized carbons (Fsp3) is 0. The Balaban J connectivity index is 1.08. The molecular weight excluding hydrogens is 813 g/mol. The minimum Gasteiger partial charge on any atom is -0.455 e. The van der Waals surface area contributed by atoms with Gasteiger partial charge in [-0.2, -0.15) is 0 Å². The van der Waals surface area contributed by atoms with Crippen LogP contribution in [-0.2, 0) is 0 Å². The summed E-state index contributed by atoms with van der Waals surface area (Å²) in [5, 5.41) is 4.34. The van der Waals surface area contributed by atoms with Gasteiger partial charge in [-0.3, -0.25) is 0 Å². The van der Waals surface area contributed by atoms with E-state index in [4.69, 9.17) is 4.42 Å². The van der Waals surface area contributed by atoms with Gasteiger partial charge in [0.1, 0.15) is 11.2 Å². The Kier molecular flexibility index (Phi) is 10.2. The van der Waals surface area contributed by atoms with Gasteiger partial charge in [-0.05, 0) is 111 Å². The minimum atomic E-state index is 0.806.